The number of hydrogen-bond acceptors (Lipinski definition) is 3. The van der Waals surface area contributed by atoms with Crippen LogP contribution in [0.15, 0.2) is 41.1 Å². The van der Waals surface area contributed by atoms with E-state index in [0.717, 1.165) is 16.6 Å². The molecule has 0 aliphatic carbocycles. The molecule has 0 amide bonds. The summed E-state index contributed by atoms with van der Waals surface area (Å²) in [4.78, 5) is 4.27. The van der Waals surface area contributed by atoms with Gasteiger partial charge in [0.2, 0.25) is 0 Å². The first kappa shape index (κ1) is 15.0. The standard InChI is InChI=1S/C16H19BrN2O/c1-11-6-13(10-19-9-11)15(18-2)8-12-4-5-16(20-3)14(17)7-12/h4-7,9-10,15,18H,8H2,1-3H3. The van der Waals surface area contributed by atoms with E-state index in [1.165, 1.54) is 16.7 Å². The number of rotatable bonds is 5. The molecule has 0 bridgehead atoms. The van der Waals surface area contributed by atoms with E-state index in [2.05, 4.69) is 51.4 Å². The van der Waals surface area contributed by atoms with Gasteiger partial charge in [-0.25, -0.2) is 0 Å². The van der Waals surface area contributed by atoms with Crippen molar-refractivity contribution < 1.29 is 4.74 Å². The van der Waals surface area contributed by atoms with Crippen LogP contribution in [-0.2, 0) is 6.42 Å². The van der Waals surface area contributed by atoms with E-state index in [0.29, 0.717) is 0 Å². The minimum absolute atomic E-state index is 0.252. The zero-order valence-electron chi connectivity index (χ0n) is 12.0. The first-order valence-corrected chi connectivity index (χ1v) is 7.34. The number of pyridine rings is 1. The molecule has 20 heavy (non-hydrogen) atoms. The number of likely N-dealkylation sites (N-methyl/N-ethyl adjacent to an activating group) is 1. The molecule has 0 saturated heterocycles. The van der Waals surface area contributed by atoms with Gasteiger partial charge in [-0.1, -0.05) is 12.1 Å². The van der Waals surface area contributed by atoms with Crippen LogP contribution in [0.5, 0.6) is 5.75 Å². The highest BCUT2D eigenvalue weighted by Gasteiger charge is 2.12. The normalized spacial score (nSPS) is 12.2. The van der Waals surface area contributed by atoms with Gasteiger partial charge in [-0.15, -0.1) is 0 Å². The Hall–Kier alpha value is -1.39. The van der Waals surface area contributed by atoms with E-state index in [4.69, 9.17) is 4.74 Å². The molecule has 106 valence electrons. The van der Waals surface area contributed by atoms with Gasteiger partial charge < -0.3 is 10.1 Å². The van der Waals surface area contributed by atoms with E-state index in [1.807, 2.05) is 25.5 Å². The minimum atomic E-state index is 0.252. The van der Waals surface area contributed by atoms with Crippen molar-refractivity contribution in [2.45, 2.75) is 19.4 Å². The lowest BCUT2D eigenvalue weighted by atomic mass is 9.99. The Kier molecular flexibility index (Phi) is 5.15. The zero-order chi connectivity index (χ0) is 14.5. The number of halogens is 1. The topological polar surface area (TPSA) is 34.1 Å². The van der Waals surface area contributed by atoms with Crippen molar-refractivity contribution in [1.29, 1.82) is 0 Å². The Bertz CT molecular complexity index is 586. The average molecular weight is 335 g/mol. The molecule has 1 aromatic carbocycles. The van der Waals surface area contributed by atoms with Crippen LogP contribution in [0.25, 0.3) is 0 Å². The molecule has 1 atom stereocenters. The third kappa shape index (κ3) is 3.58. The van der Waals surface area contributed by atoms with Crippen molar-refractivity contribution >= 4 is 15.9 Å². The smallest absolute Gasteiger partial charge is 0.133 e. The number of hydrogen-bond donors (Lipinski definition) is 1. The Morgan fingerprint density at radius 2 is 2.10 bits per heavy atom. The summed E-state index contributed by atoms with van der Waals surface area (Å²) in [6.07, 6.45) is 4.71. The summed E-state index contributed by atoms with van der Waals surface area (Å²) >= 11 is 3.53. The number of nitrogens with zero attached hydrogens (tertiary/aromatic N) is 1. The second kappa shape index (κ2) is 6.86. The lowest BCUT2D eigenvalue weighted by Gasteiger charge is -2.17. The average Bonchev–Trinajstić information content (AvgIpc) is 2.45. The monoisotopic (exact) mass is 334 g/mol. The van der Waals surface area contributed by atoms with E-state index < -0.39 is 0 Å². The maximum atomic E-state index is 5.26. The highest BCUT2D eigenvalue weighted by atomic mass is 79.9. The number of methoxy groups -OCH3 is 1. The molecule has 3 nitrogen and oxygen atoms in total. The number of ether oxygens (including phenoxy) is 1. The van der Waals surface area contributed by atoms with Crippen molar-refractivity contribution in [3.05, 3.63) is 57.8 Å². The Labute approximate surface area is 128 Å². The van der Waals surface area contributed by atoms with Crippen LogP contribution in [0.1, 0.15) is 22.7 Å². The summed E-state index contributed by atoms with van der Waals surface area (Å²) in [5, 5.41) is 3.36. The molecular formula is C16H19BrN2O. The van der Waals surface area contributed by atoms with E-state index in [-0.39, 0.29) is 6.04 Å². The van der Waals surface area contributed by atoms with E-state index >= 15 is 0 Å². The molecule has 2 aromatic rings. The van der Waals surface area contributed by atoms with Crippen LogP contribution in [0.3, 0.4) is 0 Å². The van der Waals surface area contributed by atoms with Crippen LogP contribution in [0, 0.1) is 6.92 Å². The van der Waals surface area contributed by atoms with Crippen LogP contribution in [-0.4, -0.2) is 19.1 Å². The molecule has 1 unspecified atom stereocenters. The summed E-state index contributed by atoms with van der Waals surface area (Å²) in [6.45, 7) is 2.06. The van der Waals surface area contributed by atoms with Crippen LogP contribution < -0.4 is 10.1 Å². The highest BCUT2D eigenvalue weighted by molar-refractivity contribution is 9.10. The first-order chi connectivity index (χ1) is 9.63. The Morgan fingerprint density at radius 1 is 1.30 bits per heavy atom. The minimum Gasteiger partial charge on any atom is -0.496 e. The SMILES string of the molecule is CNC(Cc1ccc(OC)c(Br)c1)c1cncc(C)c1. The van der Waals surface area contributed by atoms with Gasteiger partial charge in [-0.05, 0) is 65.1 Å². The molecule has 0 spiro atoms. The third-order valence-electron chi connectivity index (χ3n) is 3.30. The molecule has 0 saturated carbocycles. The van der Waals surface area contributed by atoms with Crippen molar-refractivity contribution in [3.8, 4) is 5.75 Å². The second-order valence-corrected chi connectivity index (χ2v) is 5.66. The molecule has 0 aliphatic heterocycles. The van der Waals surface area contributed by atoms with Gasteiger partial charge in [-0.2, -0.15) is 0 Å². The summed E-state index contributed by atoms with van der Waals surface area (Å²) in [5.74, 6) is 0.854. The van der Waals surface area contributed by atoms with Crippen molar-refractivity contribution in [1.82, 2.24) is 10.3 Å². The molecule has 0 aliphatic rings. The number of benzene rings is 1. The molecule has 0 fully saturated rings. The van der Waals surface area contributed by atoms with Crippen LogP contribution in [0.4, 0.5) is 0 Å². The quantitative estimate of drug-likeness (QED) is 0.905. The van der Waals surface area contributed by atoms with Crippen LogP contribution in [0.2, 0.25) is 0 Å². The van der Waals surface area contributed by atoms with Gasteiger partial charge in [0.25, 0.3) is 0 Å². The van der Waals surface area contributed by atoms with E-state index in [1.54, 1.807) is 7.11 Å². The molecule has 2 rings (SSSR count). The fourth-order valence-electron chi connectivity index (χ4n) is 2.23. The van der Waals surface area contributed by atoms with Gasteiger partial charge in [0.05, 0.1) is 11.6 Å². The Morgan fingerprint density at radius 3 is 2.70 bits per heavy atom. The van der Waals surface area contributed by atoms with Gasteiger partial charge >= 0.3 is 0 Å². The number of aromatic nitrogens is 1. The summed E-state index contributed by atoms with van der Waals surface area (Å²) in [6, 6.07) is 8.61. The van der Waals surface area contributed by atoms with Crippen molar-refractivity contribution in [2.24, 2.45) is 0 Å². The Balaban J connectivity index is 2.20. The molecule has 1 N–H and O–H groups in total. The second-order valence-electron chi connectivity index (χ2n) is 4.81. The predicted molar refractivity (Wildman–Crippen MR) is 85.2 cm³/mol. The summed E-state index contributed by atoms with van der Waals surface area (Å²) < 4.78 is 6.24. The molecule has 1 heterocycles. The number of nitrogens with one attached hydrogen (secondary N) is 1. The van der Waals surface area contributed by atoms with Crippen LogP contribution >= 0.6 is 15.9 Å². The van der Waals surface area contributed by atoms with Crippen molar-refractivity contribution in [3.63, 3.8) is 0 Å². The van der Waals surface area contributed by atoms with Gasteiger partial charge in [-0.3, -0.25) is 4.98 Å². The third-order valence-corrected chi connectivity index (χ3v) is 3.92. The molecule has 1 aromatic heterocycles. The molecular weight excluding hydrogens is 316 g/mol. The van der Waals surface area contributed by atoms with Gasteiger partial charge in [0.1, 0.15) is 5.75 Å². The van der Waals surface area contributed by atoms with Gasteiger partial charge in [0, 0.05) is 18.4 Å². The maximum absolute atomic E-state index is 5.26. The zero-order valence-corrected chi connectivity index (χ0v) is 13.6. The van der Waals surface area contributed by atoms with Gasteiger partial charge in [0.15, 0.2) is 0 Å². The van der Waals surface area contributed by atoms with Crippen molar-refractivity contribution in [2.75, 3.05) is 14.2 Å². The fraction of sp³-hybridized carbons (Fsp3) is 0.312. The lowest BCUT2D eigenvalue weighted by molar-refractivity contribution is 0.412. The summed E-state index contributed by atoms with van der Waals surface area (Å²) in [7, 11) is 3.65. The maximum Gasteiger partial charge on any atom is 0.133 e. The molecule has 4 heteroatoms. The number of aryl methyl sites for hydroxylation is 1. The predicted octanol–water partition coefficient (Wildman–Crippen LogP) is 3.66. The molecule has 0 radical (unpaired) electrons. The van der Waals surface area contributed by atoms with E-state index in [9.17, 15) is 0 Å². The largest absolute Gasteiger partial charge is 0.496 e. The lowest BCUT2D eigenvalue weighted by Crippen LogP contribution is -2.19. The highest BCUT2D eigenvalue weighted by Crippen LogP contribution is 2.27. The fourth-order valence-corrected chi connectivity index (χ4v) is 2.82. The summed E-state index contributed by atoms with van der Waals surface area (Å²) in [5.41, 5.74) is 3.64. The first-order valence-electron chi connectivity index (χ1n) is 6.55.